The summed E-state index contributed by atoms with van der Waals surface area (Å²) in [6, 6.07) is 1.09. The van der Waals surface area contributed by atoms with Gasteiger partial charge >= 0.3 is 12.0 Å². The van der Waals surface area contributed by atoms with Gasteiger partial charge in [0.05, 0.1) is 5.56 Å². The van der Waals surface area contributed by atoms with Crippen molar-refractivity contribution >= 4 is 17.9 Å². The van der Waals surface area contributed by atoms with Crippen molar-refractivity contribution in [3.05, 3.63) is 34.2 Å². The standard InChI is InChI=1S/C9H9N3O5/c10-9(17)11-6(13)4-12-3-5(8(15)16)1-2-7(12)14/h1-3H,4H2,(H,15,16)(H3,10,11,13,17). The zero-order chi connectivity index (χ0) is 13.0. The zero-order valence-electron chi connectivity index (χ0n) is 8.54. The van der Waals surface area contributed by atoms with Gasteiger partial charge in [0.2, 0.25) is 5.91 Å². The largest absolute Gasteiger partial charge is 0.478 e. The summed E-state index contributed by atoms with van der Waals surface area (Å²) in [6.45, 7) is -0.483. The first-order valence-electron chi connectivity index (χ1n) is 4.43. The second kappa shape index (κ2) is 4.92. The lowest BCUT2D eigenvalue weighted by Gasteiger charge is -2.05. The monoisotopic (exact) mass is 239 g/mol. The fourth-order valence-electron chi connectivity index (χ4n) is 1.11. The van der Waals surface area contributed by atoms with E-state index in [1.54, 1.807) is 5.32 Å². The van der Waals surface area contributed by atoms with Crippen molar-refractivity contribution in [3.8, 4) is 0 Å². The Hall–Kier alpha value is -2.64. The molecule has 90 valence electrons. The number of carboxylic acids is 1. The molecule has 8 nitrogen and oxygen atoms in total. The maximum absolute atomic E-state index is 11.3. The van der Waals surface area contributed by atoms with Gasteiger partial charge in [0.15, 0.2) is 0 Å². The van der Waals surface area contributed by atoms with Crippen LogP contribution in [0.1, 0.15) is 10.4 Å². The van der Waals surface area contributed by atoms with Crippen molar-refractivity contribution in [2.24, 2.45) is 5.73 Å². The van der Waals surface area contributed by atoms with Crippen molar-refractivity contribution in [2.45, 2.75) is 6.54 Å². The minimum Gasteiger partial charge on any atom is -0.478 e. The molecule has 0 spiro atoms. The Bertz CT molecular complexity index is 534. The minimum absolute atomic E-state index is 0.142. The van der Waals surface area contributed by atoms with Crippen LogP contribution in [0.5, 0.6) is 0 Å². The molecule has 1 aromatic rings. The molecular weight excluding hydrogens is 230 g/mol. The van der Waals surface area contributed by atoms with E-state index in [2.05, 4.69) is 0 Å². The molecule has 0 fully saturated rings. The van der Waals surface area contributed by atoms with Gasteiger partial charge in [-0.2, -0.15) is 0 Å². The van der Waals surface area contributed by atoms with E-state index in [4.69, 9.17) is 10.8 Å². The Morgan fingerprint density at radius 1 is 1.35 bits per heavy atom. The molecule has 0 atom stereocenters. The lowest BCUT2D eigenvalue weighted by molar-refractivity contribution is -0.120. The van der Waals surface area contributed by atoms with Crippen LogP contribution in [0.3, 0.4) is 0 Å². The van der Waals surface area contributed by atoms with Crippen molar-refractivity contribution in [1.29, 1.82) is 0 Å². The van der Waals surface area contributed by atoms with Crippen LogP contribution >= 0.6 is 0 Å². The number of primary amides is 1. The van der Waals surface area contributed by atoms with E-state index in [0.717, 1.165) is 22.9 Å². The third kappa shape index (κ3) is 3.45. The summed E-state index contributed by atoms with van der Waals surface area (Å²) < 4.78 is 0.863. The molecule has 1 rings (SSSR count). The fourth-order valence-corrected chi connectivity index (χ4v) is 1.11. The van der Waals surface area contributed by atoms with Crippen LogP contribution < -0.4 is 16.6 Å². The molecule has 3 amide bonds. The number of hydrogen-bond acceptors (Lipinski definition) is 4. The third-order valence-corrected chi connectivity index (χ3v) is 1.81. The van der Waals surface area contributed by atoms with Gasteiger partial charge in [-0.15, -0.1) is 0 Å². The number of nitrogens with one attached hydrogen (secondary N) is 1. The molecule has 1 aromatic heterocycles. The predicted molar refractivity (Wildman–Crippen MR) is 55.4 cm³/mol. The number of pyridine rings is 1. The summed E-state index contributed by atoms with van der Waals surface area (Å²) in [6.07, 6.45) is 1.01. The van der Waals surface area contributed by atoms with E-state index in [0.29, 0.717) is 0 Å². The maximum atomic E-state index is 11.3. The molecular formula is C9H9N3O5. The lowest BCUT2D eigenvalue weighted by Crippen LogP contribution is -2.39. The van der Waals surface area contributed by atoms with E-state index in [9.17, 15) is 19.2 Å². The van der Waals surface area contributed by atoms with Crippen LogP contribution in [0, 0.1) is 0 Å². The van der Waals surface area contributed by atoms with Crippen LogP contribution in [0.15, 0.2) is 23.1 Å². The molecule has 8 heteroatoms. The van der Waals surface area contributed by atoms with Gasteiger partial charge in [-0.1, -0.05) is 0 Å². The smallest absolute Gasteiger partial charge is 0.337 e. The molecule has 0 bridgehead atoms. The number of carboxylic acid groups (broad SMARTS) is 1. The SMILES string of the molecule is NC(=O)NC(=O)Cn1cc(C(=O)O)ccc1=O. The Morgan fingerprint density at radius 2 is 2.00 bits per heavy atom. The highest BCUT2D eigenvalue weighted by Crippen LogP contribution is 1.95. The van der Waals surface area contributed by atoms with E-state index < -0.39 is 30.0 Å². The summed E-state index contributed by atoms with van der Waals surface area (Å²) in [5.41, 5.74) is 4.01. The highest BCUT2D eigenvalue weighted by atomic mass is 16.4. The van der Waals surface area contributed by atoms with Crippen molar-refractivity contribution in [1.82, 2.24) is 9.88 Å². The van der Waals surface area contributed by atoms with Crippen LogP contribution in [-0.2, 0) is 11.3 Å². The number of aromatic carboxylic acids is 1. The number of nitrogens with zero attached hydrogens (tertiary/aromatic N) is 1. The first-order valence-corrected chi connectivity index (χ1v) is 4.43. The average Bonchev–Trinajstić information content (AvgIpc) is 2.19. The Balaban J connectivity index is 2.94. The Kier molecular flexibility index (Phi) is 3.60. The number of rotatable bonds is 3. The topological polar surface area (TPSA) is 131 Å². The van der Waals surface area contributed by atoms with Crippen molar-refractivity contribution < 1.29 is 19.5 Å². The fraction of sp³-hybridized carbons (Fsp3) is 0.111. The molecule has 1 heterocycles. The Labute approximate surface area is 94.7 Å². The predicted octanol–water partition coefficient (Wildman–Crippen LogP) is -1.26. The zero-order valence-corrected chi connectivity index (χ0v) is 8.54. The Morgan fingerprint density at radius 3 is 2.53 bits per heavy atom. The van der Waals surface area contributed by atoms with Gasteiger partial charge in [-0.25, -0.2) is 9.59 Å². The normalized spacial score (nSPS) is 9.65. The van der Waals surface area contributed by atoms with Crippen molar-refractivity contribution in [3.63, 3.8) is 0 Å². The van der Waals surface area contributed by atoms with E-state index in [-0.39, 0.29) is 5.56 Å². The molecule has 17 heavy (non-hydrogen) atoms. The van der Waals surface area contributed by atoms with Gasteiger partial charge in [0.1, 0.15) is 6.54 Å². The van der Waals surface area contributed by atoms with Crippen molar-refractivity contribution in [2.75, 3.05) is 0 Å². The maximum Gasteiger partial charge on any atom is 0.337 e. The molecule has 0 saturated heterocycles. The highest BCUT2D eigenvalue weighted by Gasteiger charge is 2.09. The van der Waals surface area contributed by atoms with Crippen LogP contribution in [0.2, 0.25) is 0 Å². The molecule has 0 saturated carbocycles. The number of aromatic nitrogens is 1. The summed E-state index contributed by atoms with van der Waals surface area (Å²) in [7, 11) is 0. The average molecular weight is 239 g/mol. The number of nitrogens with two attached hydrogens (primary N) is 1. The highest BCUT2D eigenvalue weighted by molar-refractivity contribution is 5.93. The second-order valence-electron chi connectivity index (χ2n) is 3.10. The third-order valence-electron chi connectivity index (χ3n) is 1.81. The molecule has 0 aliphatic carbocycles. The molecule has 0 unspecified atom stereocenters. The number of carbonyl (C=O) groups excluding carboxylic acids is 2. The molecule has 0 aliphatic rings. The van der Waals surface area contributed by atoms with E-state index in [1.165, 1.54) is 0 Å². The number of hydrogen-bond donors (Lipinski definition) is 3. The van der Waals surface area contributed by atoms with Crippen LogP contribution in [0.25, 0.3) is 0 Å². The minimum atomic E-state index is -1.23. The summed E-state index contributed by atoms with van der Waals surface area (Å²) in [4.78, 5) is 43.4. The van der Waals surface area contributed by atoms with Gasteiger partial charge in [-0.05, 0) is 6.07 Å². The summed E-state index contributed by atoms with van der Waals surface area (Å²) in [5, 5.41) is 10.4. The number of urea groups is 1. The van der Waals surface area contributed by atoms with Gasteiger partial charge < -0.3 is 15.4 Å². The van der Waals surface area contributed by atoms with E-state index >= 15 is 0 Å². The first-order chi connectivity index (χ1) is 7.90. The van der Waals surface area contributed by atoms with Crippen LogP contribution in [-0.4, -0.2) is 27.6 Å². The number of carbonyl (C=O) groups is 3. The van der Waals surface area contributed by atoms with Gasteiger partial charge in [0, 0.05) is 12.3 Å². The lowest BCUT2D eigenvalue weighted by atomic mass is 10.3. The molecule has 4 N–H and O–H groups in total. The first kappa shape index (κ1) is 12.4. The van der Waals surface area contributed by atoms with E-state index in [1.807, 2.05) is 0 Å². The molecule has 0 radical (unpaired) electrons. The van der Waals surface area contributed by atoms with Gasteiger partial charge in [-0.3, -0.25) is 14.9 Å². The molecule has 0 aliphatic heterocycles. The quantitative estimate of drug-likeness (QED) is 0.605. The second-order valence-corrected chi connectivity index (χ2v) is 3.10. The summed E-state index contributed by atoms with van der Waals surface area (Å²) in [5.74, 6) is -2.03. The van der Waals surface area contributed by atoms with Gasteiger partial charge in [0.25, 0.3) is 5.56 Å². The number of amides is 3. The summed E-state index contributed by atoms with van der Waals surface area (Å²) >= 11 is 0. The van der Waals surface area contributed by atoms with Crippen LogP contribution in [0.4, 0.5) is 4.79 Å². The molecule has 0 aromatic carbocycles. The number of imide groups is 1.